The minimum atomic E-state index is -3.14. The summed E-state index contributed by atoms with van der Waals surface area (Å²) in [7, 11) is 0. The number of hydrogen-bond donors (Lipinski definition) is 1. The molecule has 0 radical (unpaired) electrons. The Morgan fingerprint density at radius 2 is 1.04 bits per heavy atom. The van der Waals surface area contributed by atoms with Gasteiger partial charge in [-0.3, -0.25) is 20.1 Å². The molecule has 1 aliphatic heterocycles. The van der Waals surface area contributed by atoms with E-state index < -0.39 is 6.69 Å². The van der Waals surface area contributed by atoms with Crippen LogP contribution in [0, 0.1) is 0 Å². The Morgan fingerprint density at radius 3 is 1.22 bits per heavy atom. The van der Waals surface area contributed by atoms with Gasteiger partial charge in [0, 0.05) is 12.8 Å². The second-order valence-electron chi connectivity index (χ2n) is 6.49. The lowest BCUT2D eigenvalue weighted by atomic mass is 9.83. The summed E-state index contributed by atoms with van der Waals surface area (Å²) < 4.78 is 0. The zero-order valence-electron chi connectivity index (χ0n) is 13.6. The zero-order valence-corrected chi connectivity index (χ0v) is 13.6. The minimum absolute atomic E-state index is 0.488. The molecule has 0 bridgehead atoms. The van der Waals surface area contributed by atoms with Crippen molar-refractivity contribution in [2.45, 2.75) is 58.0 Å². The maximum absolute atomic E-state index is 8.01. The molecule has 14 heteroatoms. The lowest BCUT2D eigenvalue weighted by Gasteiger charge is -2.38. The van der Waals surface area contributed by atoms with Crippen molar-refractivity contribution in [1.82, 2.24) is 0 Å². The maximum Gasteiger partial charge on any atom is 0.320 e. The Hall–Kier alpha value is -2.74. The van der Waals surface area contributed by atoms with Gasteiger partial charge in [0.05, 0.1) is 11.1 Å². The van der Waals surface area contributed by atoms with Crippen LogP contribution in [0.5, 0.6) is 0 Å². The van der Waals surface area contributed by atoms with Gasteiger partial charge in [-0.2, -0.15) is 0 Å². The van der Waals surface area contributed by atoms with E-state index in [0.717, 1.165) is 0 Å². The van der Waals surface area contributed by atoms with Gasteiger partial charge in [0.2, 0.25) is 0 Å². The maximum atomic E-state index is 8.01. The van der Waals surface area contributed by atoms with Crippen molar-refractivity contribution in [3.05, 3.63) is 41.8 Å². The topological polar surface area (TPSA) is 212 Å². The smallest absolute Gasteiger partial charge is 0.320 e. The molecule has 0 atom stereocenters. The van der Waals surface area contributed by atoms with E-state index in [4.69, 9.17) is 22.1 Å². The first kappa shape index (κ1) is 20.3. The first-order valence-corrected chi connectivity index (χ1v) is 6.92. The van der Waals surface area contributed by atoms with E-state index in [0.29, 0.717) is 11.1 Å². The summed E-state index contributed by atoms with van der Waals surface area (Å²) in [6, 6.07) is 0. The van der Waals surface area contributed by atoms with Crippen LogP contribution in [0.2, 0.25) is 0 Å². The zero-order chi connectivity index (χ0) is 18.0. The summed E-state index contributed by atoms with van der Waals surface area (Å²) in [5, 5.41) is 13.7. The fourth-order valence-corrected chi connectivity index (χ4v) is 2.62. The van der Waals surface area contributed by atoms with Gasteiger partial charge < -0.3 is 5.32 Å². The highest BCUT2D eigenvalue weighted by Crippen LogP contribution is 2.20. The molecule has 1 rings (SSSR count). The van der Waals surface area contributed by atoms with Crippen LogP contribution in [-0.2, 0) is 0 Å². The fourth-order valence-electron chi connectivity index (χ4n) is 2.62. The average Bonchev–Trinajstić information content (AvgIpc) is 2.37. The van der Waals surface area contributed by atoms with E-state index in [1.54, 1.807) is 0 Å². The molecule has 1 saturated heterocycles. The predicted octanol–water partition coefficient (Wildman–Crippen LogP) is 3.95. The lowest BCUT2D eigenvalue weighted by Crippen LogP contribution is -3.04. The highest BCUT2D eigenvalue weighted by molar-refractivity contribution is 6.72. The Kier molecular flexibility index (Phi) is 7.62. The van der Waals surface area contributed by atoms with E-state index in [2.05, 4.69) is 72.8 Å². The molecule has 1 heterocycles. The molecule has 23 heavy (non-hydrogen) atoms. The summed E-state index contributed by atoms with van der Waals surface area (Å²) in [5.41, 5.74) is 33.0. The standard InChI is InChI=1S/C9H19N.BN12/c1-8(2)6-5-7-9(3,4)10-8;2-10-6-1(7-11-3,8-12-4)9-13-5/h10H,5-7H2,1-4H3;/q;-1/p+1. The highest BCUT2D eigenvalue weighted by atomic mass is 15.4. The third-order valence-corrected chi connectivity index (χ3v) is 3.25. The van der Waals surface area contributed by atoms with E-state index in [-0.39, 0.29) is 0 Å². The van der Waals surface area contributed by atoms with Crippen molar-refractivity contribution in [1.29, 1.82) is 0 Å². The van der Waals surface area contributed by atoms with Gasteiger partial charge in [-0.25, -0.2) is 0 Å². The largest absolute Gasteiger partial charge is 0.337 e. The van der Waals surface area contributed by atoms with Crippen LogP contribution >= 0.6 is 0 Å². The number of quaternary nitrogens is 1. The van der Waals surface area contributed by atoms with Crippen LogP contribution in [-0.4, -0.2) is 17.8 Å². The van der Waals surface area contributed by atoms with Crippen LogP contribution in [0.3, 0.4) is 0 Å². The third kappa shape index (κ3) is 7.72. The first-order valence-electron chi connectivity index (χ1n) is 6.92. The Morgan fingerprint density at radius 1 is 0.739 bits per heavy atom. The molecule has 2 N–H and O–H groups in total. The Labute approximate surface area is 132 Å². The van der Waals surface area contributed by atoms with E-state index >= 15 is 0 Å². The number of rotatable bonds is 4. The molecule has 0 aliphatic carbocycles. The second kappa shape index (κ2) is 8.65. The molecule has 0 amide bonds. The molecular weight excluding hydrogens is 301 g/mol. The van der Waals surface area contributed by atoms with Gasteiger partial charge in [-0.05, 0) is 75.9 Å². The van der Waals surface area contributed by atoms with Crippen molar-refractivity contribution in [2.75, 3.05) is 0 Å². The first-order chi connectivity index (χ1) is 10.7. The molecule has 0 saturated carbocycles. The Bertz CT molecular complexity index is 507. The summed E-state index contributed by atoms with van der Waals surface area (Å²) in [6.45, 7) is 6.23. The number of azide groups is 1. The van der Waals surface area contributed by atoms with Crippen molar-refractivity contribution >= 4 is 6.69 Å². The molecular formula is C9H20BN13. The van der Waals surface area contributed by atoms with Gasteiger partial charge in [0.25, 0.3) is 0 Å². The van der Waals surface area contributed by atoms with Crippen LogP contribution < -0.4 is 5.32 Å². The van der Waals surface area contributed by atoms with Crippen LogP contribution in [0.1, 0.15) is 47.0 Å². The van der Waals surface area contributed by atoms with Crippen molar-refractivity contribution in [3.8, 4) is 0 Å². The minimum Gasteiger partial charge on any atom is -0.337 e. The molecule has 124 valence electrons. The number of nitrogens with two attached hydrogens (primary N) is 1. The van der Waals surface area contributed by atoms with E-state index in [9.17, 15) is 0 Å². The summed E-state index contributed by atoms with van der Waals surface area (Å²) in [6.07, 6.45) is 4.14. The van der Waals surface area contributed by atoms with Crippen molar-refractivity contribution < 1.29 is 5.32 Å². The number of piperidine rings is 1. The number of nitrogens with zero attached hydrogens (tertiary/aromatic N) is 12. The SMILES string of the molecule is CC1(C)CCCC(C)(C)[NH2+]1.[N-]=[N+]=N[B-](N=[N+]=[N-])(N=[N+]=[N-])N=[N+]=[N-]. The molecule has 0 aromatic rings. The van der Waals surface area contributed by atoms with E-state index in [1.165, 1.54) is 19.3 Å². The molecule has 0 aromatic carbocycles. The van der Waals surface area contributed by atoms with Crippen LogP contribution in [0.4, 0.5) is 0 Å². The van der Waals surface area contributed by atoms with E-state index in [1.807, 2.05) is 0 Å². The molecule has 0 spiro atoms. The second-order valence-corrected chi connectivity index (χ2v) is 6.49. The molecule has 0 unspecified atom stereocenters. The van der Waals surface area contributed by atoms with Gasteiger partial charge in [-0.15, -0.1) is 0 Å². The fraction of sp³-hybridized carbons (Fsp3) is 1.00. The monoisotopic (exact) mass is 321 g/mol. The van der Waals surface area contributed by atoms with Gasteiger partial charge in [-0.1, -0.05) is 0 Å². The van der Waals surface area contributed by atoms with Crippen molar-refractivity contribution in [3.63, 3.8) is 0 Å². The van der Waals surface area contributed by atoms with Crippen LogP contribution in [0.25, 0.3) is 41.8 Å². The summed E-state index contributed by atoms with van der Waals surface area (Å²) in [5.74, 6) is 0. The predicted molar refractivity (Wildman–Crippen MR) is 86.3 cm³/mol. The molecule has 0 aromatic heterocycles. The van der Waals surface area contributed by atoms with Gasteiger partial charge >= 0.3 is 6.69 Å². The quantitative estimate of drug-likeness (QED) is 0.337. The summed E-state index contributed by atoms with van der Waals surface area (Å²) >= 11 is 0. The average molecular weight is 321 g/mol. The molecule has 1 fully saturated rings. The summed E-state index contributed by atoms with van der Waals surface area (Å²) in [4.78, 5) is 8.89. The molecule has 1 aliphatic rings. The Balaban J connectivity index is 0.000000433. The third-order valence-electron chi connectivity index (χ3n) is 3.25. The van der Waals surface area contributed by atoms with Crippen molar-refractivity contribution in [2.24, 2.45) is 20.1 Å². The van der Waals surface area contributed by atoms with Gasteiger partial charge in [0.15, 0.2) is 0 Å². The number of hydrogen-bond acceptors (Lipinski definition) is 4. The highest BCUT2D eigenvalue weighted by Gasteiger charge is 2.35. The van der Waals surface area contributed by atoms with Crippen LogP contribution in [0.15, 0.2) is 20.1 Å². The molecule has 13 nitrogen and oxygen atoms in total. The van der Waals surface area contributed by atoms with Gasteiger partial charge in [0.1, 0.15) is 0 Å². The normalized spacial score (nSPS) is 19.7. The lowest BCUT2D eigenvalue weighted by molar-refractivity contribution is -0.787.